The van der Waals surface area contributed by atoms with E-state index in [0.29, 0.717) is 16.9 Å². The second-order valence-electron chi connectivity index (χ2n) is 9.67. The summed E-state index contributed by atoms with van der Waals surface area (Å²) < 4.78 is 10.0. The van der Waals surface area contributed by atoms with Gasteiger partial charge in [-0.1, -0.05) is 72.8 Å². The summed E-state index contributed by atoms with van der Waals surface area (Å²) in [5, 5.41) is 19.5. The minimum Gasteiger partial charge on any atom is -0.497 e. The Morgan fingerprint density at radius 3 is 1.95 bits per heavy atom. The number of carbonyl (C=O) groups is 4. The Morgan fingerprint density at radius 1 is 0.810 bits per heavy atom. The highest BCUT2D eigenvalue weighted by Crippen LogP contribution is 2.21. The van der Waals surface area contributed by atoms with Crippen LogP contribution in [0.1, 0.15) is 22.6 Å². The number of nitrogens with two attached hydrogens (primary N) is 1. The predicted molar refractivity (Wildman–Crippen MR) is 155 cm³/mol. The SMILES string of the molecule is COc1ccc([C@H](CNC(=O)[C@@H](OC)C(N)=O)C(=O)NC[C@](O)(Cc2ccccc2)C(=O)NCc2ccccc2)cc1. The highest BCUT2D eigenvalue weighted by molar-refractivity contribution is 6.02. The lowest BCUT2D eigenvalue weighted by Gasteiger charge is -2.29. The molecular weight excluding hydrogens is 540 g/mol. The van der Waals surface area contributed by atoms with Crippen LogP contribution in [0.5, 0.6) is 5.75 Å². The molecule has 0 unspecified atom stereocenters. The minimum absolute atomic E-state index is 0.0627. The van der Waals surface area contributed by atoms with Crippen molar-refractivity contribution in [2.24, 2.45) is 5.73 Å². The number of primary amides is 1. The van der Waals surface area contributed by atoms with Gasteiger partial charge in [-0.25, -0.2) is 0 Å². The van der Waals surface area contributed by atoms with Crippen LogP contribution < -0.4 is 26.4 Å². The maximum atomic E-state index is 13.5. The zero-order valence-corrected chi connectivity index (χ0v) is 23.5. The topological polar surface area (TPSA) is 169 Å². The average Bonchev–Trinajstić information content (AvgIpc) is 3.00. The van der Waals surface area contributed by atoms with Gasteiger partial charge in [-0.05, 0) is 28.8 Å². The van der Waals surface area contributed by atoms with Crippen LogP contribution in [0, 0.1) is 0 Å². The Hall–Kier alpha value is -4.74. The van der Waals surface area contributed by atoms with Crippen molar-refractivity contribution in [2.75, 3.05) is 27.3 Å². The maximum absolute atomic E-state index is 13.5. The Bertz CT molecular complexity index is 1340. The molecule has 4 amide bonds. The molecule has 0 radical (unpaired) electrons. The predicted octanol–water partition coefficient (Wildman–Crippen LogP) is 0.802. The van der Waals surface area contributed by atoms with E-state index in [1.165, 1.54) is 14.2 Å². The maximum Gasteiger partial charge on any atom is 0.258 e. The van der Waals surface area contributed by atoms with E-state index in [-0.39, 0.29) is 19.5 Å². The monoisotopic (exact) mass is 576 g/mol. The number of hydrogen-bond donors (Lipinski definition) is 5. The molecule has 222 valence electrons. The highest BCUT2D eigenvalue weighted by atomic mass is 16.5. The molecule has 42 heavy (non-hydrogen) atoms. The summed E-state index contributed by atoms with van der Waals surface area (Å²) in [6.45, 7) is -0.447. The summed E-state index contributed by atoms with van der Waals surface area (Å²) in [7, 11) is 2.67. The second kappa shape index (κ2) is 15.3. The third-order valence-corrected chi connectivity index (χ3v) is 6.66. The van der Waals surface area contributed by atoms with Crippen LogP contribution >= 0.6 is 0 Å². The average molecular weight is 577 g/mol. The van der Waals surface area contributed by atoms with Crippen molar-refractivity contribution >= 4 is 23.6 Å². The number of benzene rings is 3. The standard InChI is InChI=1S/C31H36N4O7/c1-41-24-15-13-23(14-16-24)25(19-33-29(38)26(42-2)27(32)36)28(37)35-20-31(40,17-21-9-5-3-6-10-21)30(39)34-18-22-11-7-4-8-12-22/h3-16,25-26,40H,17-20H2,1-2H3,(H2,32,36)(H,33,38)(H,34,39)(H,35,37)/t25-,26-,31+/m0/s1. The number of nitrogens with one attached hydrogen (secondary N) is 3. The smallest absolute Gasteiger partial charge is 0.258 e. The summed E-state index contributed by atoms with van der Waals surface area (Å²) in [4.78, 5) is 50.9. The van der Waals surface area contributed by atoms with Crippen LogP contribution in [0.3, 0.4) is 0 Å². The molecule has 0 heterocycles. The Kier molecular flexibility index (Phi) is 11.6. The lowest BCUT2D eigenvalue weighted by molar-refractivity contribution is -0.141. The normalized spacial score (nSPS) is 13.6. The number of hydrogen-bond acceptors (Lipinski definition) is 7. The molecule has 0 spiro atoms. The molecule has 0 bridgehead atoms. The van der Waals surface area contributed by atoms with Crippen LogP contribution in [-0.4, -0.2) is 67.7 Å². The van der Waals surface area contributed by atoms with Crippen molar-refractivity contribution in [2.45, 2.75) is 30.6 Å². The molecule has 0 saturated heterocycles. The van der Waals surface area contributed by atoms with Gasteiger partial charge in [0, 0.05) is 26.6 Å². The number of amides is 4. The molecule has 6 N–H and O–H groups in total. The van der Waals surface area contributed by atoms with Gasteiger partial charge in [0.2, 0.25) is 12.0 Å². The third-order valence-electron chi connectivity index (χ3n) is 6.66. The van der Waals surface area contributed by atoms with E-state index < -0.39 is 47.8 Å². The fourth-order valence-corrected chi connectivity index (χ4v) is 4.30. The number of aliphatic hydroxyl groups is 1. The zero-order valence-electron chi connectivity index (χ0n) is 23.5. The van der Waals surface area contributed by atoms with E-state index in [1.54, 1.807) is 48.5 Å². The van der Waals surface area contributed by atoms with Crippen LogP contribution in [-0.2, 0) is 36.9 Å². The molecule has 0 saturated carbocycles. The first-order valence-corrected chi connectivity index (χ1v) is 13.3. The molecular formula is C31H36N4O7. The highest BCUT2D eigenvalue weighted by Gasteiger charge is 2.37. The van der Waals surface area contributed by atoms with Gasteiger partial charge < -0.3 is 36.3 Å². The number of rotatable bonds is 15. The molecule has 11 nitrogen and oxygen atoms in total. The van der Waals surface area contributed by atoms with Crippen molar-refractivity contribution in [1.29, 1.82) is 0 Å². The summed E-state index contributed by atoms with van der Waals surface area (Å²) in [6, 6.07) is 24.8. The summed E-state index contributed by atoms with van der Waals surface area (Å²) in [5.41, 5.74) is 5.28. The molecule has 0 aliphatic rings. The summed E-state index contributed by atoms with van der Waals surface area (Å²) in [5.74, 6) is -3.42. The van der Waals surface area contributed by atoms with Gasteiger partial charge in [0.25, 0.3) is 17.7 Å². The lowest BCUT2D eigenvalue weighted by Crippen LogP contribution is -2.56. The molecule has 11 heteroatoms. The first-order chi connectivity index (χ1) is 20.2. The Labute approximate surface area is 244 Å². The first-order valence-electron chi connectivity index (χ1n) is 13.3. The molecule has 3 atom stereocenters. The van der Waals surface area contributed by atoms with E-state index >= 15 is 0 Å². The van der Waals surface area contributed by atoms with Crippen molar-refractivity contribution in [1.82, 2.24) is 16.0 Å². The summed E-state index contributed by atoms with van der Waals surface area (Å²) in [6.07, 6.45) is -1.60. The Balaban J connectivity index is 1.80. The van der Waals surface area contributed by atoms with E-state index in [4.69, 9.17) is 15.2 Å². The quantitative estimate of drug-likeness (QED) is 0.167. The van der Waals surface area contributed by atoms with E-state index in [0.717, 1.165) is 5.56 Å². The van der Waals surface area contributed by atoms with Gasteiger partial charge in [0.1, 0.15) is 5.75 Å². The molecule has 0 aliphatic carbocycles. The molecule has 3 aromatic carbocycles. The molecule has 3 aromatic rings. The lowest BCUT2D eigenvalue weighted by atomic mass is 9.92. The fraction of sp³-hybridized carbons (Fsp3) is 0.290. The van der Waals surface area contributed by atoms with Gasteiger partial charge in [-0.2, -0.15) is 0 Å². The molecule has 0 aliphatic heterocycles. The Morgan fingerprint density at radius 2 is 1.40 bits per heavy atom. The van der Waals surface area contributed by atoms with E-state index in [1.807, 2.05) is 36.4 Å². The van der Waals surface area contributed by atoms with Crippen molar-refractivity contribution in [3.63, 3.8) is 0 Å². The van der Waals surface area contributed by atoms with E-state index in [9.17, 15) is 24.3 Å². The largest absolute Gasteiger partial charge is 0.497 e. The number of methoxy groups -OCH3 is 2. The van der Waals surface area contributed by atoms with E-state index in [2.05, 4.69) is 16.0 Å². The second-order valence-corrected chi connectivity index (χ2v) is 9.67. The van der Waals surface area contributed by atoms with Crippen LogP contribution in [0.15, 0.2) is 84.9 Å². The number of carbonyl (C=O) groups excluding carboxylic acids is 4. The van der Waals surface area contributed by atoms with Gasteiger partial charge in [-0.3, -0.25) is 19.2 Å². The van der Waals surface area contributed by atoms with Crippen LogP contribution in [0.2, 0.25) is 0 Å². The van der Waals surface area contributed by atoms with Gasteiger partial charge in [0.05, 0.1) is 19.6 Å². The van der Waals surface area contributed by atoms with Gasteiger partial charge in [0.15, 0.2) is 5.60 Å². The fourth-order valence-electron chi connectivity index (χ4n) is 4.30. The molecule has 0 aromatic heterocycles. The number of ether oxygens (including phenoxy) is 2. The first kappa shape index (κ1) is 31.8. The van der Waals surface area contributed by atoms with Crippen LogP contribution in [0.25, 0.3) is 0 Å². The summed E-state index contributed by atoms with van der Waals surface area (Å²) >= 11 is 0. The van der Waals surface area contributed by atoms with Crippen molar-refractivity contribution in [3.05, 3.63) is 102 Å². The van der Waals surface area contributed by atoms with Crippen molar-refractivity contribution < 1.29 is 33.8 Å². The minimum atomic E-state index is -1.99. The molecule has 0 fully saturated rings. The zero-order chi connectivity index (χ0) is 30.5. The van der Waals surface area contributed by atoms with Gasteiger partial charge in [-0.15, -0.1) is 0 Å². The van der Waals surface area contributed by atoms with Crippen molar-refractivity contribution in [3.8, 4) is 5.75 Å². The molecule has 3 rings (SSSR count). The van der Waals surface area contributed by atoms with Crippen LogP contribution in [0.4, 0.5) is 0 Å². The third kappa shape index (κ3) is 8.88. The van der Waals surface area contributed by atoms with Gasteiger partial charge >= 0.3 is 0 Å².